The van der Waals surface area contributed by atoms with Crippen LogP contribution in [0.2, 0.25) is 0 Å². The van der Waals surface area contributed by atoms with E-state index in [4.69, 9.17) is 6.07 Å². The van der Waals surface area contributed by atoms with Gasteiger partial charge in [0.2, 0.25) is 0 Å². The molecule has 0 spiro atoms. The quantitative estimate of drug-likeness (QED) is 0.334. The van der Waals surface area contributed by atoms with Crippen LogP contribution in [-0.4, -0.2) is 13.2 Å². The fourth-order valence-electron chi connectivity index (χ4n) is 0. The van der Waals surface area contributed by atoms with E-state index in [0.29, 0.717) is 0 Å². The summed E-state index contributed by atoms with van der Waals surface area (Å²) in [4.78, 5) is 9.01. The van der Waals surface area contributed by atoms with Crippen LogP contribution in [0.25, 0.3) is 0 Å². The van der Waals surface area contributed by atoms with Crippen molar-refractivity contribution < 1.29 is 27.7 Å². The molecule has 0 N–H and O–H groups in total. The van der Waals surface area contributed by atoms with Crippen molar-refractivity contribution in [1.29, 1.82) is 1.28 Å². The van der Waals surface area contributed by atoms with Crippen molar-refractivity contribution in [3.63, 3.8) is 0 Å². The van der Waals surface area contributed by atoms with E-state index in [0.717, 1.165) is 0 Å². The van der Waals surface area contributed by atoms with Gasteiger partial charge in [-0.3, -0.25) is 4.79 Å². The van der Waals surface area contributed by atoms with Crippen molar-refractivity contribution in [1.82, 2.24) is 0 Å². The van der Waals surface area contributed by atoms with Gasteiger partial charge in [0.15, 0.2) is 0 Å². The Morgan fingerprint density at radius 1 is 2.00 bits per heavy atom. The molecule has 0 bridgehead atoms. The van der Waals surface area contributed by atoms with Crippen molar-refractivity contribution in [3.05, 3.63) is 0 Å². The minimum atomic E-state index is -1.48. The zero-order valence-electron chi connectivity index (χ0n) is 4.40. The maximum atomic E-state index is 10.7. The van der Waals surface area contributed by atoms with Gasteiger partial charge >= 0.3 is 6.04 Å². The Labute approximate surface area is 62.8 Å². The van der Waals surface area contributed by atoms with Gasteiger partial charge in [0.25, 0.3) is 0 Å². The number of rotatable bonds is 1. The first-order valence-electron chi connectivity index (χ1n) is 1.59. The number of halogens is 2. The molecule has 0 aromatic rings. The third-order valence-corrected chi connectivity index (χ3v) is 0.315. The first-order chi connectivity index (χ1) is 3.27. The summed E-state index contributed by atoms with van der Waals surface area (Å²) in [5.41, 5.74) is 0. The topological polar surface area (TPSA) is 17.1 Å². The third kappa shape index (κ3) is 19.7. The van der Waals surface area contributed by atoms with E-state index in [-0.39, 0.29) is 18.6 Å². The van der Waals surface area contributed by atoms with Crippen LogP contribution in [0.15, 0.2) is 0 Å². The second-order valence-corrected chi connectivity index (χ2v) is 0.756. The van der Waals surface area contributed by atoms with Gasteiger partial charge in [-0.2, -0.15) is 14.2 Å². The Morgan fingerprint density at radius 2 is 2.14 bits per heavy atom. The molecule has 0 fully saturated rings. The fourth-order valence-corrected chi connectivity index (χ4v) is 0. The number of carbonyl (C=O) groups excluding carboxylic acids is 1. The van der Waals surface area contributed by atoms with Crippen LogP contribution in [0.3, 0.4) is 0 Å². The molecule has 0 aliphatic carbocycles. The zero-order chi connectivity index (χ0) is 6.28. The first kappa shape index (κ1) is 10.8. The molecular formula is C2H5ClFOPV. The van der Waals surface area contributed by atoms with Crippen molar-refractivity contribution in [2.45, 2.75) is 0 Å². The molecule has 1 radical (unpaired) electrons. The summed E-state index contributed by atoms with van der Waals surface area (Å²) >= 11 is 4.61. The summed E-state index contributed by atoms with van der Waals surface area (Å²) < 4.78 is 16.3. The van der Waals surface area contributed by atoms with E-state index in [9.17, 15) is 4.39 Å². The fraction of sp³-hybridized carbons (Fsp3) is 0.500. The van der Waals surface area contributed by atoms with Gasteiger partial charge < -0.3 is 0 Å². The van der Waals surface area contributed by atoms with Crippen LogP contribution >= 0.6 is 21.4 Å². The Bertz CT molecular complexity index is 57.3. The molecule has 1 unspecified atom stereocenters. The van der Waals surface area contributed by atoms with E-state index in [1.165, 1.54) is 0 Å². The predicted octanol–water partition coefficient (Wildman–Crippen LogP) is 0.777. The standard InChI is InChI=1S/C2H2ClFO.H3P.V/c3-1-2(4)5;;/h1H2;1H3;/i;1T;. The minimum Gasteiger partial charge on any atom is -0.260 e. The molecule has 5 heteroatoms. The summed E-state index contributed by atoms with van der Waals surface area (Å²) in [6, 6.07) is -1.48. The molecule has 0 aromatic heterocycles. The van der Waals surface area contributed by atoms with Gasteiger partial charge in [-0.1, -0.05) is 0 Å². The molecule has 0 heterocycles. The molecule has 0 aromatic carbocycles. The number of alkyl halides is 1. The molecular weight excluding hydrogens is 176 g/mol. The monoisotopic (exact) mass is 183 g/mol. The maximum absolute atomic E-state index is 10.7. The summed E-state index contributed by atoms with van der Waals surface area (Å²) in [7, 11) is 1.67. The van der Waals surface area contributed by atoms with Crippen LogP contribution in [0.5, 0.6) is 0 Å². The van der Waals surface area contributed by atoms with Crippen molar-refractivity contribution in [3.8, 4) is 0 Å². The molecule has 0 rings (SSSR count). The van der Waals surface area contributed by atoms with E-state index >= 15 is 0 Å². The van der Waals surface area contributed by atoms with Gasteiger partial charge in [-0.15, -0.1) is 11.6 Å². The van der Waals surface area contributed by atoms with E-state index in [2.05, 4.69) is 11.6 Å². The van der Waals surface area contributed by atoms with E-state index < -0.39 is 11.9 Å². The van der Waals surface area contributed by atoms with Gasteiger partial charge in [-0.05, 0) is 0 Å². The molecule has 1 nitrogen and oxygen atoms in total. The maximum Gasteiger partial charge on any atom is 0.316 e. The second-order valence-electron chi connectivity index (χ2n) is 0.489. The van der Waals surface area contributed by atoms with E-state index in [1.807, 2.05) is 0 Å². The third-order valence-electron chi connectivity index (χ3n) is 0.105. The summed E-state index contributed by atoms with van der Waals surface area (Å²) in [5, 5.41) is 0. The summed E-state index contributed by atoms with van der Waals surface area (Å²) in [6.07, 6.45) is 0. The van der Waals surface area contributed by atoms with Crippen molar-refractivity contribution >= 4 is 27.5 Å². The first-order valence-corrected chi connectivity index (χ1v) is 1.55. The van der Waals surface area contributed by atoms with Crippen LogP contribution in [0.1, 0.15) is 0 Å². The average Bonchev–Trinajstić information content (AvgIpc) is 1.73. The normalized spacial score (nSPS) is 6.43. The molecule has 0 aliphatic heterocycles. The molecule has 0 amide bonds. The summed E-state index contributed by atoms with van der Waals surface area (Å²) in [6.45, 7) is 0. The summed E-state index contributed by atoms with van der Waals surface area (Å²) in [5.74, 6) is -0.528. The molecule has 7 heavy (non-hydrogen) atoms. The molecule has 0 aliphatic rings. The Hall–Kier alpha value is 0.904. The largest absolute Gasteiger partial charge is 0.316 e. The predicted molar refractivity (Wildman–Crippen MR) is 27.9 cm³/mol. The van der Waals surface area contributed by atoms with Crippen molar-refractivity contribution in [2.24, 2.45) is 0 Å². The Kier molecular flexibility index (Phi) is 15.5. The molecule has 43 valence electrons. The second kappa shape index (κ2) is 10.0. The van der Waals surface area contributed by atoms with Gasteiger partial charge in [-0.25, -0.2) is 0 Å². The number of hydrogen-bond acceptors (Lipinski definition) is 1. The Balaban J connectivity index is -0.0000000750. The molecule has 0 saturated carbocycles. The molecule has 0 saturated heterocycles. The minimum absolute atomic E-state index is 0. The van der Waals surface area contributed by atoms with Gasteiger partial charge in [0.1, 0.15) is 5.88 Å². The van der Waals surface area contributed by atoms with E-state index in [1.54, 1.807) is 9.84 Å². The van der Waals surface area contributed by atoms with Crippen LogP contribution in [0, 0.1) is 0 Å². The van der Waals surface area contributed by atoms with Crippen molar-refractivity contribution in [2.75, 3.05) is 5.88 Å². The molecule has 1 atom stereocenters. The van der Waals surface area contributed by atoms with Crippen LogP contribution in [0.4, 0.5) is 4.39 Å². The SMILES string of the molecule is O=C(F)CCl.[3H]P.[V]. The van der Waals surface area contributed by atoms with Crippen LogP contribution in [-0.2, 0) is 23.4 Å². The zero-order valence-corrected chi connectivity index (χ0v) is 6.70. The Morgan fingerprint density at radius 3 is 2.14 bits per heavy atom. The number of hydrogen-bond donors (Lipinski definition) is 0. The smallest absolute Gasteiger partial charge is 0.260 e. The van der Waals surface area contributed by atoms with Crippen LogP contribution < -0.4 is 0 Å². The average molecular weight is 183 g/mol. The number of carbonyl (C=O) groups is 1. The van der Waals surface area contributed by atoms with Gasteiger partial charge in [0, 0.05) is 18.6 Å². The van der Waals surface area contributed by atoms with Gasteiger partial charge in [0.05, 0.1) is 1.28 Å².